The predicted molar refractivity (Wildman–Crippen MR) is 131 cm³/mol. The second-order valence-electron chi connectivity index (χ2n) is 9.25. The Morgan fingerprint density at radius 3 is 1.45 bits per heavy atom. The van der Waals surface area contributed by atoms with Crippen LogP contribution >= 0.6 is 0 Å². The van der Waals surface area contributed by atoms with Crippen LogP contribution in [0.25, 0.3) is 0 Å². The second-order valence-corrected chi connectivity index (χ2v) is 9.25. The number of rotatable bonds is 14. The maximum absolute atomic E-state index is 5.47. The van der Waals surface area contributed by atoms with Crippen LogP contribution in [0.15, 0.2) is 36.4 Å². The molecule has 4 rings (SSSR count). The highest BCUT2D eigenvalue weighted by Crippen LogP contribution is 2.33. The maximum Gasteiger partial charge on any atom is 0.231 e. The summed E-state index contributed by atoms with van der Waals surface area (Å²) in [5, 5.41) is 0. The van der Waals surface area contributed by atoms with Crippen LogP contribution < -0.4 is 18.9 Å². The van der Waals surface area contributed by atoms with Crippen LogP contribution in [0.4, 0.5) is 0 Å². The van der Waals surface area contributed by atoms with E-state index in [1.807, 2.05) is 12.1 Å². The summed E-state index contributed by atoms with van der Waals surface area (Å²) in [4.78, 5) is 4.88. The third-order valence-electron chi connectivity index (χ3n) is 6.52. The van der Waals surface area contributed by atoms with Crippen molar-refractivity contribution in [3.63, 3.8) is 0 Å². The first-order chi connectivity index (χ1) is 16.2. The molecule has 2 aromatic carbocycles. The number of hydrogen-bond donors (Lipinski definition) is 0. The van der Waals surface area contributed by atoms with Gasteiger partial charge in [-0.2, -0.15) is 0 Å². The van der Waals surface area contributed by atoms with E-state index in [2.05, 4.69) is 48.2 Å². The molecule has 0 spiro atoms. The molecular formula is C27H38N2O4. The molecule has 180 valence electrons. The third kappa shape index (κ3) is 7.27. The minimum Gasteiger partial charge on any atom is -0.454 e. The van der Waals surface area contributed by atoms with Crippen LogP contribution in [0.1, 0.15) is 43.2 Å². The summed E-state index contributed by atoms with van der Waals surface area (Å²) in [6, 6.07) is 12.6. The third-order valence-corrected chi connectivity index (χ3v) is 6.52. The summed E-state index contributed by atoms with van der Waals surface area (Å²) < 4.78 is 21.7. The highest BCUT2D eigenvalue weighted by atomic mass is 16.7. The number of likely N-dealkylation sites (N-methyl/N-ethyl adjacent to an activating group) is 2. The van der Waals surface area contributed by atoms with E-state index in [0.29, 0.717) is 13.6 Å². The molecule has 0 radical (unpaired) electrons. The number of ether oxygens (including phenoxy) is 4. The molecule has 0 unspecified atom stereocenters. The molecule has 0 amide bonds. The number of fused-ring (bicyclic) bond motifs is 2. The van der Waals surface area contributed by atoms with Crippen LogP contribution in [0, 0.1) is 0 Å². The number of unbranched alkanes of at least 4 members (excludes halogenated alkanes) is 4. The van der Waals surface area contributed by atoms with Gasteiger partial charge in [-0.15, -0.1) is 0 Å². The van der Waals surface area contributed by atoms with Crippen molar-refractivity contribution in [2.75, 3.05) is 53.9 Å². The van der Waals surface area contributed by atoms with Crippen molar-refractivity contribution in [1.82, 2.24) is 9.80 Å². The molecule has 0 fully saturated rings. The van der Waals surface area contributed by atoms with Gasteiger partial charge >= 0.3 is 0 Å². The molecular weight excluding hydrogens is 416 g/mol. The minimum absolute atomic E-state index is 0.343. The standard InChI is InChI=1S/C27H38N2O4/c1-28(16-12-22-8-10-24-26(18-22)32-20-30-24)14-6-4-3-5-7-15-29(2)17-13-23-9-11-25-27(19-23)33-21-31-25/h8-11,18-19H,3-7,12-17,20-21H2,1-2H3. The van der Waals surface area contributed by atoms with Gasteiger partial charge in [-0.05, 0) is 88.3 Å². The van der Waals surface area contributed by atoms with Gasteiger partial charge in [0.2, 0.25) is 13.6 Å². The van der Waals surface area contributed by atoms with Gasteiger partial charge in [-0.1, -0.05) is 31.4 Å². The van der Waals surface area contributed by atoms with E-state index >= 15 is 0 Å². The Labute approximate surface area is 198 Å². The molecule has 0 atom stereocenters. The van der Waals surface area contributed by atoms with E-state index in [1.165, 1.54) is 56.3 Å². The smallest absolute Gasteiger partial charge is 0.231 e. The average molecular weight is 455 g/mol. The first-order valence-electron chi connectivity index (χ1n) is 12.3. The fourth-order valence-corrected chi connectivity index (χ4v) is 4.35. The molecule has 2 aliphatic heterocycles. The highest BCUT2D eigenvalue weighted by Gasteiger charge is 2.14. The largest absolute Gasteiger partial charge is 0.454 e. The maximum atomic E-state index is 5.47. The molecule has 33 heavy (non-hydrogen) atoms. The zero-order valence-electron chi connectivity index (χ0n) is 20.2. The lowest BCUT2D eigenvalue weighted by Crippen LogP contribution is -2.23. The van der Waals surface area contributed by atoms with E-state index in [9.17, 15) is 0 Å². The summed E-state index contributed by atoms with van der Waals surface area (Å²) in [6.45, 7) is 5.17. The second kappa shape index (κ2) is 12.1. The lowest BCUT2D eigenvalue weighted by molar-refractivity contribution is 0.173. The van der Waals surface area contributed by atoms with Crippen molar-refractivity contribution in [2.45, 2.75) is 44.9 Å². The first kappa shape index (κ1) is 23.7. The predicted octanol–water partition coefficient (Wildman–Crippen LogP) is 4.74. The molecule has 0 aromatic heterocycles. The minimum atomic E-state index is 0.343. The van der Waals surface area contributed by atoms with Gasteiger partial charge < -0.3 is 28.7 Å². The van der Waals surface area contributed by atoms with Gasteiger partial charge in [0.05, 0.1) is 0 Å². The van der Waals surface area contributed by atoms with E-state index < -0.39 is 0 Å². The molecule has 6 nitrogen and oxygen atoms in total. The average Bonchev–Trinajstić information content (AvgIpc) is 3.49. The van der Waals surface area contributed by atoms with Crippen molar-refractivity contribution < 1.29 is 18.9 Å². The van der Waals surface area contributed by atoms with Crippen LogP contribution in [-0.4, -0.2) is 63.7 Å². The summed E-state index contributed by atoms with van der Waals surface area (Å²) in [7, 11) is 4.45. The Hall–Kier alpha value is -2.44. The van der Waals surface area contributed by atoms with Crippen LogP contribution in [0.3, 0.4) is 0 Å². The van der Waals surface area contributed by atoms with Crippen molar-refractivity contribution in [3.8, 4) is 23.0 Å². The number of nitrogens with zero attached hydrogens (tertiary/aromatic N) is 2. The lowest BCUT2D eigenvalue weighted by Gasteiger charge is -2.17. The summed E-state index contributed by atoms with van der Waals surface area (Å²) >= 11 is 0. The van der Waals surface area contributed by atoms with Crippen molar-refractivity contribution in [3.05, 3.63) is 47.5 Å². The lowest BCUT2D eigenvalue weighted by atomic mass is 10.1. The van der Waals surface area contributed by atoms with Crippen molar-refractivity contribution >= 4 is 0 Å². The monoisotopic (exact) mass is 454 g/mol. The van der Waals surface area contributed by atoms with Crippen molar-refractivity contribution in [1.29, 1.82) is 0 Å². The Balaban J connectivity index is 0.993. The number of benzene rings is 2. The quantitative estimate of drug-likeness (QED) is 0.384. The van der Waals surface area contributed by atoms with Gasteiger partial charge in [0, 0.05) is 13.1 Å². The van der Waals surface area contributed by atoms with E-state index in [4.69, 9.17) is 18.9 Å². The molecule has 2 aromatic rings. The summed E-state index contributed by atoms with van der Waals surface area (Å²) in [6.07, 6.45) is 8.60. The van der Waals surface area contributed by atoms with Gasteiger partial charge in [0.25, 0.3) is 0 Å². The topological polar surface area (TPSA) is 43.4 Å². The first-order valence-corrected chi connectivity index (χ1v) is 12.3. The molecule has 0 saturated carbocycles. The van der Waals surface area contributed by atoms with E-state index in [-0.39, 0.29) is 0 Å². The van der Waals surface area contributed by atoms with Gasteiger partial charge in [-0.25, -0.2) is 0 Å². The molecule has 0 saturated heterocycles. The molecule has 2 heterocycles. The number of hydrogen-bond acceptors (Lipinski definition) is 6. The summed E-state index contributed by atoms with van der Waals surface area (Å²) in [5.41, 5.74) is 2.63. The molecule has 0 N–H and O–H groups in total. The van der Waals surface area contributed by atoms with E-state index in [0.717, 1.165) is 48.9 Å². The van der Waals surface area contributed by atoms with Crippen LogP contribution in [-0.2, 0) is 12.8 Å². The van der Waals surface area contributed by atoms with Gasteiger partial charge in [0.1, 0.15) is 0 Å². The highest BCUT2D eigenvalue weighted by molar-refractivity contribution is 5.45. The molecule has 0 aliphatic carbocycles. The zero-order valence-corrected chi connectivity index (χ0v) is 20.2. The Morgan fingerprint density at radius 2 is 0.970 bits per heavy atom. The van der Waals surface area contributed by atoms with Crippen LogP contribution in [0.2, 0.25) is 0 Å². The SMILES string of the molecule is CN(CCCCCCCN(C)CCc1ccc2c(c1)OCO2)CCc1ccc2c(c1)OCO2. The Morgan fingerprint density at radius 1 is 0.545 bits per heavy atom. The Kier molecular flexibility index (Phi) is 8.72. The molecule has 6 heteroatoms. The summed E-state index contributed by atoms with van der Waals surface area (Å²) in [5.74, 6) is 3.49. The Bertz CT molecular complexity index is 817. The molecule has 0 bridgehead atoms. The van der Waals surface area contributed by atoms with Gasteiger partial charge in [0.15, 0.2) is 23.0 Å². The van der Waals surface area contributed by atoms with Crippen LogP contribution in [0.5, 0.6) is 23.0 Å². The molecule has 2 aliphatic rings. The fourth-order valence-electron chi connectivity index (χ4n) is 4.35. The normalized spacial score (nSPS) is 13.9. The van der Waals surface area contributed by atoms with E-state index in [1.54, 1.807) is 0 Å². The van der Waals surface area contributed by atoms with Gasteiger partial charge in [-0.3, -0.25) is 0 Å². The fraction of sp³-hybridized carbons (Fsp3) is 0.556. The zero-order chi connectivity index (χ0) is 22.9. The van der Waals surface area contributed by atoms with Crippen molar-refractivity contribution in [2.24, 2.45) is 0 Å².